The highest BCUT2D eigenvalue weighted by Gasteiger charge is 2.31. The molecule has 0 saturated heterocycles. The summed E-state index contributed by atoms with van der Waals surface area (Å²) in [5.74, 6) is -1.88. The molecular weight excluding hydrogens is 428 g/mol. The Morgan fingerprint density at radius 3 is 2.15 bits per heavy atom. The summed E-state index contributed by atoms with van der Waals surface area (Å²) in [5, 5.41) is 11.6. The molecule has 176 valence electrons. The summed E-state index contributed by atoms with van der Waals surface area (Å²) < 4.78 is 15.5. The van der Waals surface area contributed by atoms with Gasteiger partial charge in [0.1, 0.15) is 19.2 Å². The van der Waals surface area contributed by atoms with Crippen molar-refractivity contribution in [1.29, 1.82) is 0 Å². The molecule has 9 heteroatoms. The van der Waals surface area contributed by atoms with Crippen LogP contribution in [-0.2, 0) is 23.8 Å². The zero-order chi connectivity index (χ0) is 23.8. The number of amides is 2. The quantitative estimate of drug-likeness (QED) is 0.532. The molecule has 2 amide bonds. The molecule has 3 rings (SSSR count). The number of fused-ring (bicyclic) bond motifs is 3. The molecule has 0 aromatic heterocycles. The summed E-state index contributed by atoms with van der Waals surface area (Å²) in [7, 11) is 2.83. The lowest BCUT2D eigenvalue weighted by molar-refractivity contribution is -0.146. The van der Waals surface area contributed by atoms with Gasteiger partial charge >= 0.3 is 12.1 Å². The number of carbonyl (C=O) groups is 3. The number of alkyl carbamates (subject to hydrolysis) is 1. The highest BCUT2D eigenvalue weighted by atomic mass is 16.5. The standard InChI is InChI=1S/C24H28N2O7/c1-31-12-11-26(13-22(27)28)23(29)21(15-32-2)25-24(30)33-14-20-18-9-5-3-7-16(18)17-8-4-6-10-19(17)20/h3-10,20-21H,11-15H2,1-2H3,(H,25,30)(H,27,28). The number of hydrogen-bond donors (Lipinski definition) is 2. The topological polar surface area (TPSA) is 114 Å². The second-order valence-electron chi connectivity index (χ2n) is 7.62. The number of carbonyl (C=O) groups excluding carboxylic acids is 2. The van der Waals surface area contributed by atoms with Gasteiger partial charge in [0.2, 0.25) is 5.91 Å². The molecule has 0 fully saturated rings. The van der Waals surface area contributed by atoms with E-state index in [1.165, 1.54) is 14.2 Å². The van der Waals surface area contributed by atoms with Gasteiger partial charge in [0.15, 0.2) is 0 Å². The van der Waals surface area contributed by atoms with Crippen LogP contribution in [0.4, 0.5) is 4.79 Å². The number of ether oxygens (including phenoxy) is 3. The third-order valence-corrected chi connectivity index (χ3v) is 5.47. The number of carboxylic acid groups (broad SMARTS) is 1. The maximum Gasteiger partial charge on any atom is 0.407 e. The third kappa shape index (κ3) is 5.88. The van der Waals surface area contributed by atoms with Crippen molar-refractivity contribution in [2.24, 2.45) is 0 Å². The monoisotopic (exact) mass is 456 g/mol. The molecule has 2 aromatic rings. The van der Waals surface area contributed by atoms with Crippen molar-refractivity contribution < 1.29 is 33.7 Å². The summed E-state index contributed by atoms with van der Waals surface area (Å²) in [4.78, 5) is 37.7. The normalized spacial score (nSPS) is 13.0. The van der Waals surface area contributed by atoms with Gasteiger partial charge in [-0.1, -0.05) is 48.5 Å². The van der Waals surface area contributed by atoms with E-state index in [9.17, 15) is 14.4 Å². The fraction of sp³-hybridized carbons (Fsp3) is 0.375. The fourth-order valence-corrected chi connectivity index (χ4v) is 3.98. The highest BCUT2D eigenvalue weighted by Crippen LogP contribution is 2.44. The first-order valence-corrected chi connectivity index (χ1v) is 10.6. The van der Waals surface area contributed by atoms with Gasteiger partial charge in [-0.15, -0.1) is 0 Å². The Balaban J connectivity index is 1.67. The van der Waals surface area contributed by atoms with Gasteiger partial charge in [-0.3, -0.25) is 9.59 Å². The maximum atomic E-state index is 12.9. The van der Waals surface area contributed by atoms with E-state index in [0.29, 0.717) is 0 Å². The van der Waals surface area contributed by atoms with Crippen LogP contribution in [0, 0.1) is 0 Å². The van der Waals surface area contributed by atoms with Gasteiger partial charge < -0.3 is 29.5 Å². The molecule has 0 saturated carbocycles. The highest BCUT2D eigenvalue weighted by molar-refractivity contribution is 5.88. The van der Waals surface area contributed by atoms with Crippen LogP contribution < -0.4 is 5.32 Å². The Morgan fingerprint density at radius 1 is 1.00 bits per heavy atom. The average Bonchev–Trinajstić information content (AvgIpc) is 3.13. The molecule has 2 aromatic carbocycles. The summed E-state index contributed by atoms with van der Waals surface area (Å²) in [5.41, 5.74) is 4.36. The number of nitrogens with one attached hydrogen (secondary N) is 1. The second kappa shape index (κ2) is 11.4. The average molecular weight is 456 g/mol. The van der Waals surface area contributed by atoms with E-state index in [2.05, 4.69) is 5.32 Å². The number of benzene rings is 2. The van der Waals surface area contributed by atoms with E-state index in [4.69, 9.17) is 19.3 Å². The number of nitrogens with zero attached hydrogens (tertiary/aromatic N) is 1. The molecule has 1 aliphatic carbocycles. The van der Waals surface area contributed by atoms with E-state index in [1.807, 2.05) is 48.5 Å². The Labute approximate surface area is 192 Å². The smallest absolute Gasteiger partial charge is 0.407 e. The van der Waals surface area contributed by atoms with Crippen molar-refractivity contribution in [3.05, 3.63) is 59.7 Å². The minimum Gasteiger partial charge on any atom is -0.480 e. The number of aliphatic carboxylic acids is 1. The molecule has 0 bridgehead atoms. The van der Waals surface area contributed by atoms with Crippen molar-refractivity contribution in [3.8, 4) is 11.1 Å². The fourth-order valence-electron chi connectivity index (χ4n) is 3.98. The maximum absolute atomic E-state index is 12.9. The molecule has 0 aliphatic heterocycles. The summed E-state index contributed by atoms with van der Waals surface area (Å²) in [6, 6.07) is 14.8. The predicted octanol–water partition coefficient (Wildman–Crippen LogP) is 2.10. The first kappa shape index (κ1) is 24.2. The van der Waals surface area contributed by atoms with Gasteiger partial charge in [0.25, 0.3) is 0 Å². The minimum absolute atomic E-state index is 0.0637. The summed E-state index contributed by atoms with van der Waals surface area (Å²) in [6.07, 6.45) is -0.783. The van der Waals surface area contributed by atoms with Gasteiger partial charge in [0, 0.05) is 26.7 Å². The molecule has 0 heterocycles. The molecule has 1 atom stereocenters. The lowest BCUT2D eigenvalue weighted by Crippen LogP contribution is -2.52. The molecule has 1 unspecified atom stereocenters. The molecule has 2 N–H and O–H groups in total. The van der Waals surface area contributed by atoms with Crippen molar-refractivity contribution in [3.63, 3.8) is 0 Å². The van der Waals surface area contributed by atoms with Crippen molar-refractivity contribution in [2.45, 2.75) is 12.0 Å². The van der Waals surface area contributed by atoms with Crippen LogP contribution in [0.5, 0.6) is 0 Å². The molecular formula is C24H28N2O7. The molecule has 33 heavy (non-hydrogen) atoms. The van der Waals surface area contributed by atoms with Crippen LogP contribution in [0.15, 0.2) is 48.5 Å². The molecule has 0 radical (unpaired) electrons. The van der Waals surface area contributed by atoms with Gasteiger partial charge in [-0.25, -0.2) is 4.79 Å². The number of methoxy groups -OCH3 is 2. The Hall–Kier alpha value is -3.43. The van der Waals surface area contributed by atoms with Crippen LogP contribution in [0.2, 0.25) is 0 Å². The number of carboxylic acids is 1. The van der Waals surface area contributed by atoms with Crippen LogP contribution in [0.3, 0.4) is 0 Å². The SMILES string of the molecule is COCCN(CC(=O)O)C(=O)C(COC)NC(=O)OCC1c2ccccc2-c2ccccc21. The van der Waals surface area contributed by atoms with Crippen molar-refractivity contribution >= 4 is 18.0 Å². The predicted molar refractivity (Wildman–Crippen MR) is 120 cm³/mol. The van der Waals surface area contributed by atoms with Gasteiger partial charge in [-0.2, -0.15) is 0 Å². The summed E-state index contributed by atoms with van der Waals surface area (Å²) in [6.45, 7) is -0.338. The first-order valence-electron chi connectivity index (χ1n) is 10.6. The van der Waals surface area contributed by atoms with E-state index in [0.717, 1.165) is 27.2 Å². The minimum atomic E-state index is -1.17. The first-order chi connectivity index (χ1) is 16.0. The second-order valence-corrected chi connectivity index (χ2v) is 7.62. The van der Waals surface area contributed by atoms with Crippen LogP contribution in [0.25, 0.3) is 11.1 Å². The Bertz CT molecular complexity index is 949. The van der Waals surface area contributed by atoms with Crippen LogP contribution >= 0.6 is 0 Å². The lowest BCUT2D eigenvalue weighted by atomic mass is 9.98. The lowest BCUT2D eigenvalue weighted by Gasteiger charge is -2.26. The van der Waals surface area contributed by atoms with Crippen molar-refractivity contribution in [1.82, 2.24) is 10.2 Å². The van der Waals surface area contributed by atoms with E-state index in [1.54, 1.807) is 0 Å². The molecule has 9 nitrogen and oxygen atoms in total. The van der Waals surface area contributed by atoms with Crippen molar-refractivity contribution in [2.75, 3.05) is 47.1 Å². The number of hydrogen-bond acceptors (Lipinski definition) is 6. The molecule has 1 aliphatic rings. The zero-order valence-electron chi connectivity index (χ0n) is 18.7. The van der Waals surface area contributed by atoms with E-state index >= 15 is 0 Å². The van der Waals surface area contributed by atoms with E-state index < -0.39 is 30.6 Å². The molecule has 0 spiro atoms. The van der Waals surface area contributed by atoms with E-state index in [-0.39, 0.29) is 32.3 Å². The van der Waals surface area contributed by atoms with Crippen LogP contribution in [-0.4, -0.2) is 81.1 Å². The summed E-state index contributed by atoms with van der Waals surface area (Å²) >= 11 is 0. The van der Waals surface area contributed by atoms with Gasteiger partial charge in [-0.05, 0) is 22.3 Å². The Kier molecular flexibility index (Phi) is 8.39. The van der Waals surface area contributed by atoms with Crippen LogP contribution in [0.1, 0.15) is 17.0 Å². The number of rotatable bonds is 11. The zero-order valence-corrected chi connectivity index (χ0v) is 18.7. The Morgan fingerprint density at radius 2 is 1.61 bits per heavy atom. The van der Waals surface area contributed by atoms with Gasteiger partial charge in [0.05, 0.1) is 13.2 Å². The largest absolute Gasteiger partial charge is 0.480 e. The third-order valence-electron chi connectivity index (χ3n) is 5.47.